The Bertz CT molecular complexity index is 409. The molecule has 0 saturated heterocycles. The van der Waals surface area contributed by atoms with Crippen LogP contribution in [0.4, 0.5) is 0 Å². The molecule has 1 amide bonds. The Morgan fingerprint density at radius 3 is 2.82 bits per heavy atom. The van der Waals surface area contributed by atoms with Gasteiger partial charge in [0, 0.05) is 17.4 Å². The minimum absolute atomic E-state index is 0.0806. The number of hydrogen-bond donors (Lipinski definition) is 1. The molecule has 0 aromatic heterocycles. The summed E-state index contributed by atoms with van der Waals surface area (Å²) >= 11 is 3.32. The highest BCUT2D eigenvalue weighted by Gasteiger charge is 2.14. The van der Waals surface area contributed by atoms with Gasteiger partial charge < -0.3 is 14.8 Å². The average molecular weight is 300 g/mol. The Morgan fingerprint density at radius 1 is 1.29 bits per heavy atom. The second-order valence-corrected chi connectivity index (χ2v) is 4.45. The maximum Gasteiger partial charge on any atom is 0.251 e. The smallest absolute Gasteiger partial charge is 0.251 e. The summed E-state index contributed by atoms with van der Waals surface area (Å²) in [7, 11) is 0. The zero-order valence-electron chi connectivity index (χ0n) is 9.37. The van der Waals surface area contributed by atoms with Crippen LogP contribution in [0.2, 0.25) is 0 Å². The van der Waals surface area contributed by atoms with E-state index in [1.54, 1.807) is 18.2 Å². The van der Waals surface area contributed by atoms with Crippen LogP contribution in [0.5, 0.6) is 11.5 Å². The van der Waals surface area contributed by atoms with Gasteiger partial charge in [-0.15, -0.1) is 0 Å². The summed E-state index contributed by atoms with van der Waals surface area (Å²) < 4.78 is 10.8. The van der Waals surface area contributed by atoms with Crippen molar-refractivity contribution in [3.05, 3.63) is 23.8 Å². The molecule has 92 valence electrons. The first kappa shape index (κ1) is 12.2. The number of hydrogen-bond acceptors (Lipinski definition) is 3. The number of benzene rings is 1. The van der Waals surface area contributed by atoms with Gasteiger partial charge in [-0.05, 0) is 24.6 Å². The molecule has 0 aliphatic carbocycles. The lowest BCUT2D eigenvalue weighted by Gasteiger charge is -2.18. The lowest BCUT2D eigenvalue weighted by Crippen LogP contribution is -2.25. The average Bonchev–Trinajstić information content (AvgIpc) is 2.38. The van der Waals surface area contributed by atoms with Crippen molar-refractivity contribution >= 4 is 21.8 Å². The number of halogens is 1. The number of rotatable bonds is 4. The van der Waals surface area contributed by atoms with Crippen molar-refractivity contribution in [2.75, 3.05) is 25.1 Å². The molecule has 0 spiro atoms. The van der Waals surface area contributed by atoms with Crippen molar-refractivity contribution in [1.82, 2.24) is 5.32 Å². The van der Waals surface area contributed by atoms with Gasteiger partial charge in [0.1, 0.15) is 13.2 Å². The molecule has 0 atom stereocenters. The Hall–Kier alpha value is -1.23. The number of nitrogens with one attached hydrogen (secondary N) is 1. The predicted octanol–water partition coefficient (Wildman–Crippen LogP) is 1.97. The number of carbonyl (C=O) groups is 1. The summed E-state index contributed by atoms with van der Waals surface area (Å²) in [4.78, 5) is 11.8. The largest absolute Gasteiger partial charge is 0.486 e. The highest BCUT2D eigenvalue weighted by atomic mass is 79.9. The molecule has 4 nitrogen and oxygen atoms in total. The molecule has 5 heteroatoms. The van der Waals surface area contributed by atoms with Gasteiger partial charge in [-0.2, -0.15) is 0 Å². The Kier molecular flexibility index (Phi) is 4.25. The lowest BCUT2D eigenvalue weighted by atomic mass is 10.2. The number of carbonyl (C=O) groups excluding carboxylic acids is 1. The Morgan fingerprint density at radius 2 is 2.06 bits per heavy atom. The normalized spacial score (nSPS) is 13.2. The molecule has 0 fully saturated rings. The van der Waals surface area contributed by atoms with E-state index in [-0.39, 0.29) is 5.91 Å². The second kappa shape index (κ2) is 5.91. The van der Waals surface area contributed by atoms with Crippen molar-refractivity contribution in [3.63, 3.8) is 0 Å². The van der Waals surface area contributed by atoms with Crippen molar-refractivity contribution < 1.29 is 14.3 Å². The van der Waals surface area contributed by atoms with Crippen LogP contribution in [0, 0.1) is 0 Å². The minimum Gasteiger partial charge on any atom is -0.486 e. The summed E-state index contributed by atoms with van der Waals surface area (Å²) in [6.45, 7) is 1.75. The molecule has 1 aliphatic rings. The summed E-state index contributed by atoms with van der Waals surface area (Å²) in [5, 5.41) is 3.72. The van der Waals surface area contributed by atoms with E-state index in [9.17, 15) is 4.79 Å². The fraction of sp³-hybridized carbons (Fsp3) is 0.417. The molecule has 1 aromatic rings. The van der Waals surface area contributed by atoms with Gasteiger partial charge in [0.05, 0.1) is 0 Å². The number of alkyl halides is 1. The van der Waals surface area contributed by atoms with Crippen molar-refractivity contribution in [3.8, 4) is 11.5 Å². The molecular formula is C12H14BrNO3. The highest BCUT2D eigenvalue weighted by Crippen LogP contribution is 2.30. The van der Waals surface area contributed by atoms with Crippen molar-refractivity contribution in [2.45, 2.75) is 6.42 Å². The van der Waals surface area contributed by atoms with Gasteiger partial charge in [0.15, 0.2) is 11.5 Å². The van der Waals surface area contributed by atoms with E-state index >= 15 is 0 Å². The minimum atomic E-state index is -0.0806. The van der Waals surface area contributed by atoms with Gasteiger partial charge in [-0.25, -0.2) is 0 Å². The van der Waals surface area contributed by atoms with E-state index in [4.69, 9.17) is 9.47 Å². The van der Waals surface area contributed by atoms with E-state index in [1.807, 2.05) is 0 Å². The number of amides is 1. The third-order valence-corrected chi connectivity index (χ3v) is 2.96. The number of ether oxygens (including phenoxy) is 2. The van der Waals surface area contributed by atoms with Crippen LogP contribution in [0.3, 0.4) is 0 Å². The van der Waals surface area contributed by atoms with Gasteiger partial charge >= 0.3 is 0 Å². The van der Waals surface area contributed by atoms with Gasteiger partial charge in [0.2, 0.25) is 0 Å². The first-order valence-corrected chi connectivity index (χ1v) is 6.67. The van der Waals surface area contributed by atoms with E-state index in [0.29, 0.717) is 36.8 Å². The van der Waals surface area contributed by atoms with Gasteiger partial charge in [-0.3, -0.25) is 4.79 Å². The van der Waals surface area contributed by atoms with Crippen LogP contribution < -0.4 is 14.8 Å². The third kappa shape index (κ3) is 3.12. The van der Waals surface area contributed by atoms with E-state index in [2.05, 4.69) is 21.2 Å². The fourth-order valence-electron chi connectivity index (χ4n) is 1.56. The van der Waals surface area contributed by atoms with Crippen LogP contribution in [0.1, 0.15) is 16.8 Å². The molecular weight excluding hydrogens is 286 g/mol. The van der Waals surface area contributed by atoms with Crippen molar-refractivity contribution in [1.29, 1.82) is 0 Å². The first-order valence-electron chi connectivity index (χ1n) is 5.55. The highest BCUT2D eigenvalue weighted by molar-refractivity contribution is 9.09. The summed E-state index contributed by atoms with van der Waals surface area (Å²) in [5.74, 6) is 1.26. The second-order valence-electron chi connectivity index (χ2n) is 3.66. The SMILES string of the molecule is O=C(NCCCBr)c1ccc2c(c1)OCCO2. The van der Waals surface area contributed by atoms with Crippen LogP contribution >= 0.6 is 15.9 Å². The van der Waals surface area contributed by atoms with Gasteiger partial charge in [0.25, 0.3) is 5.91 Å². The van der Waals surface area contributed by atoms with Crippen LogP contribution in [0.15, 0.2) is 18.2 Å². The zero-order valence-corrected chi connectivity index (χ0v) is 11.0. The van der Waals surface area contributed by atoms with Crippen LogP contribution in [0.25, 0.3) is 0 Å². The topological polar surface area (TPSA) is 47.6 Å². The lowest BCUT2D eigenvalue weighted by molar-refractivity contribution is 0.0952. The molecule has 1 N–H and O–H groups in total. The molecule has 1 heterocycles. The monoisotopic (exact) mass is 299 g/mol. The van der Waals surface area contributed by atoms with E-state index in [1.165, 1.54) is 0 Å². The Balaban J connectivity index is 2.03. The van der Waals surface area contributed by atoms with E-state index < -0.39 is 0 Å². The maximum absolute atomic E-state index is 11.8. The third-order valence-electron chi connectivity index (χ3n) is 2.40. The molecule has 1 aliphatic heterocycles. The molecule has 0 unspecified atom stereocenters. The predicted molar refractivity (Wildman–Crippen MR) is 68.2 cm³/mol. The van der Waals surface area contributed by atoms with Crippen LogP contribution in [-0.4, -0.2) is 31.0 Å². The van der Waals surface area contributed by atoms with Gasteiger partial charge in [-0.1, -0.05) is 15.9 Å². The standard InChI is InChI=1S/C12H14BrNO3/c13-4-1-5-14-12(15)9-2-3-10-11(8-9)17-7-6-16-10/h2-3,8H,1,4-7H2,(H,14,15). The summed E-state index contributed by atoms with van der Waals surface area (Å²) in [5.41, 5.74) is 0.601. The van der Waals surface area contributed by atoms with Crippen molar-refractivity contribution in [2.24, 2.45) is 0 Å². The molecule has 1 aromatic carbocycles. The van der Waals surface area contributed by atoms with Crippen LogP contribution in [-0.2, 0) is 0 Å². The maximum atomic E-state index is 11.8. The summed E-state index contributed by atoms with van der Waals surface area (Å²) in [6.07, 6.45) is 0.913. The first-order chi connectivity index (χ1) is 8.31. The molecule has 2 rings (SSSR count). The Labute approximate surface area is 108 Å². The molecule has 17 heavy (non-hydrogen) atoms. The van der Waals surface area contributed by atoms with E-state index in [0.717, 1.165) is 11.8 Å². The molecule has 0 bridgehead atoms. The summed E-state index contributed by atoms with van der Waals surface area (Å²) in [6, 6.07) is 5.24. The number of fused-ring (bicyclic) bond motifs is 1. The fourth-order valence-corrected chi connectivity index (χ4v) is 1.84. The zero-order chi connectivity index (χ0) is 12.1. The quantitative estimate of drug-likeness (QED) is 0.683. The molecule has 0 radical (unpaired) electrons. The molecule has 0 saturated carbocycles.